The molecule has 0 aliphatic carbocycles. The quantitative estimate of drug-likeness (QED) is 0.714. The SMILES string of the molecule is CSc1cc2scc(O)c2cc1O. The first kappa shape index (κ1) is 8.72. The Hall–Kier alpha value is -0.870. The standard InChI is InChI=1S/C9H8O2S2/c1-12-9-3-8-5(2-6(9)10)7(11)4-13-8/h2-4,10-11H,1H3. The highest BCUT2D eigenvalue weighted by Crippen LogP contribution is 2.38. The van der Waals surface area contributed by atoms with Gasteiger partial charge in [0.2, 0.25) is 0 Å². The zero-order chi connectivity index (χ0) is 9.42. The van der Waals surface area contributed by atoms with Crippen LogP contribution in [0.4, 0.5) is 0 Å². The predicted octanol–water partition coefficient (Wildman–Crippen LogP) is 3.03. The van der Waals surface area contributed by atoms with Crippen molar-refractivity contribution in [2.45, 2.75) is 4.90 Å². The maximum absolute atomic E-state index is 9.52. The largest absolute Gasteiger partial charge is 0.507 e. The molecule has 4 heteroatoms. The molecule has 1 aromatic heterocycles. The van der Waals surface area contributed by atoms with Crippen molar-refractivity contribution >= 4 is 33.2 Å². The van der Waals surface area contributed by atoms with Crippen LogP contribution in [0.3, 0.4) is 0 Å². The lowest BCUT2D eigenvalue weighted by atomic mass is 10.2. The van der Waals surface area contributed by atoms with Crippen molar-refractivity contribution in [2.24, 2.45) is 0 Å². The van der Waals surface area contributed by atoms with Crippen LogP contribution in [-0.4, -0.2) is 16.5 Å². The maximum atomic E-state index is 9.52. The number of hydrogen-bond donors (Lipinski definition) is 2. The lowest BCUT2D eigenvalue weighted by Gasteiger charge is -2.00. The van der Waals surface area contributed by atoms with E-state index >= 15 is 0 Å². The van der Waals surface area contributed by atoms with E-state index in [0.717, 1.165) is 15.0 Å². The number of thiophene rings is 1. The molecule has 0 atom stereocenters. The van der Waals surface area contributed by atoms with Gasteiger partial charge in [0.1, 0.15) is 11.5 Å². The first-order valence-corrected chi connectivity index (χ1v) is 5.80. The van der Waals surface area contributed by atoms with Crippen molar-refractivity contribution in [3.05, 3.63) is 17.5 Å². The molecule has 13 heavy (non-hydrogen) atoms. The molecule has 0 bridgehead atoms. The fourth-order valence-corrected chi connectivity index (χ4v) is 2.61. The summed E-state index contributed by atoms with van der Waals surface area (Å²) in [7, 11) is 0. The van der Waals surface area contributed by atoms with Crippen LogP contribution in [0.2, 0.25) is 0 Å². The molecule has 0 amide bonds. The Bertz CT molecular complexity index is 448. The maximum Gasteiger partial charge on any atom is 0.134 e. The molecule has 1 aromatic carbocycles. The second kappa shape index (κ2) is 3.12. The van der Waals surface area contributed by atoms with Crippen molar-refractivity contribution in [1.82, 2.24) is 0 Å². The molecule has 1 heterocycles. The Kier molecular flexibility index (Phi) is 2.09. The van der Waals surface area contributed by atoms with E-state index in [2.05, 4.69) is 0 Å². The molecule has 0 aliphatic rings. The molecule has 2 rings (SSSR count). The first-order chi connectivity index (χ1) is 6.22. The van der Waals surface area contributed by atoms with Crippen molar-refractivity contribution in [1.29, 1.82) is 0 Å². The van der Waals surface area contributed by atoms with Gasteiger partial charge in [0.05, 0.1) is 4.90 Å². The molecule has 0 unspecified atom stereocenters. The second-order valence-corrected chi connectivity index (χ2v) is 4.40. The Morgan fingerprint density at radius 1 is 1.23 bits per heavy atom. The number of benzene rings is 1. The van der Waals surface area contributed by atoms with E-state index in [1.54, 1.807) is 11.4 Å². The number of phenols is 1. The van der Waals surface area contributed by atoms with Gasteiger partial charge in [0.25, 0.3) is 0 Å². The molecular formula is C9H8O2S2. The van der Waals surface area contributed by atoms with Gasteiger partial charge in [0, 0.05) is 15.5 Å². The number of fused-ring (bicyclic) bond motifs is 1. The molecular weight excluding hydrogens is 204 g/mol. The molecule has 2 aromatic rings. The van der Waals surface area contributed by atoms with Gasteiger partial charge in [-0.2, -0.15) is 0 Å². The van der Waals surface area contributed by atoms with E-state index in [-0.39, 0.29) is 11.5 Å². The van der Waals surface area contributed by atoms with Gasteiger partial charge in [-0.05, 0) is 18.4 Å². The summed E-state index contributed by atoms with van der Waals surface area (Å²) in [5, 5.41) is 21.3. The zero-order valence-electron chi connectivity index (χ0n) is 6.94. The smallest absolute Gasteiger partial charge is 0.134 e. The Morgan fingerprint density at radius 3 is 2.69 bits per heavy atom. The highest BCUT2D eigenvalue weighted by molar-refractivity contribution is 7.98. The van der Waals surface area contributed by atoms with E-state index in [9.17, 15) is 10.2 Å². The van der Waals surface area contributed by atoms with E-state index in [0.29, 0.717) is 0 Å². The van der Waals surface area contributed by atoms with Gasteiger partial charge in [-0.15, -0.1) is 23.1 Å². The minimum absolute atomic E-state index is 0.230. The topological polar surface area (TPSA) is 40.5 Å². The molecule has 0 saturated carbocycles. The average molecular weight is 212 g/mol. The third kappa shape index (κ3) is 1.36. The second-order valence-electron chi connectivity index (χ2n) is 2.64. The summed E-state index contributed by atoms with van der Waals surface area (Å²) in [6.07, 6.45) is 1.91. The summed E-state index contributed by atoms with van der Waals surface area (Å²) < 4.78 is 1.000. The van der Waals surface area contributed by atoms with Crippen molar-refractivity contribution in [2.75, 3.05) is 6.26 Å². The predicted molar refractivity (Wildman–Crippen MR) is 56.9 cm³/mol. The third-order valence-electron chi connectivity index (χ3n) is 1.85. The van der Waals surface area contributed by atoms with E-state index < -0.39 is 0 Å². The van der Waals surface area contributed by atoms with Crippen LogP contribution in [0.15, 0.2) is 22.4 Å². The van der Waals surface area contributed by atoms with Crippen molar-refractivity contribution < 1.29 is 10.2 Å². The number of phenolic OH excluding ortho intramolecular Hbond substituents is 1. The number of thioether (sulfide) groups is 1. The lowest BCUT2D eigenvalue weighted by molar-refractivity contribution is 0.461. The van der Waals surface area contributed by atoms with Crippen LogP contribution >= 0.6 is 23.1 Å². The van der Waals surface area contributed by atoms with Crippen LogP contribution in [-0.2, 0) is 0 Å². The van der Waals surface area contributed by atoms with E-state index in [1.165, 1.54) is 23.1 Å². The van der Waals surface area contributed by atoms with Gasteiger partial charge in [-0.25, -0.2) is 0 Å². The zero-order valence-corrected chi connectivity index (χ0v) is 8.58. The van der Waals surface area contributed by atoms with Crippen molar-refractivity contribution in [3.8, 4) is 11.5 Å². The Balaban J connectivity index is 2.76. The summed E-state index contributed by atoms with van der Waals surface area (Å²) >= 11 is 2.97. The number of hydrogen-bond acceptors (Lipinski definition) is 4. The van der Waals surface area contributed by atoms with Gasteiger partial charge in [-0.1, -0.05) is 0 Å². The van der Waals surface area contributed by atoms with Gasteiger partial charge < -0.3 is 10.2 Å². The molecule has 0 radical (unpaired) electrons. The lowest BCUT2D eigenvalue weighted by Crippen LogP contribution is -1.72. The fraction of sp³-hybridized carbons (Fsp3) is 0.111. The highest BCUT2D eigenvalue weighted by Gasteiger charge is 2.07. The van der Waals surface area contributed by atoms with Gasteiger partial charge in [0.15, 0.2) is 0 Å². The average Bonchev–Trinajstić information content (AvgIpc) is 2.47. The van der Waals surface area contributed by atoms with E-state index in [4.69, 9.17) is 0 Å². The highest BCUT2D eigenvalue weighted by atomic mass is 32.2. The van der Waals surface area contributed by atoms with Gasteiger partial charge in [-0.3, -0.25) is 0 Å². The number of aromatic hydroxyl groups is 2. The fourth-order valence-electron chi connectivity index (χ4n) is 1.19. The van der Waals surface area contributed by atoms with E-state index in [1.807, 2.05) is 12.3 Å². The van der Waals surface area contributed by atoms with Gasteiger partial charge >= 0.3 is 0 Å². The monoisotopic (exact) mass is 212 g/mol. The molecule has 2 N–H and O–H groups in total. The minimum atomic E-state index is 0.230. The summed E-state index contributed by atoms with van der Waals surface area (Å²) in [5.74, 6) is 0.469. The summed E-state index contributed by atoms with van der Waals surface area (Å²) in [6, 6.07) is 3.49. The summed E-state index contributed by atoms with van der Waals surface area (Å²) in [4.78, 5) is 0.842. The van der Waals surface area contributed by atoms with Crippen molar-refractivity contribution in [3.63, 3.8) is 0 Å². The van der Waals surface area contributed by atoms with Crippen LogP contribution in [0.1, 0.15) is 0 Å². The van der Waals surface area contributed by atoms with Crippen LogP contribution in [0, 0.1) is 0 Å². The van der Waals surface area contributed by atoms with Crippen LogP contribution in [0.25, 0.3) is 10.1 Å². The minimum Gasteiger partial charge on any atom is -0.507 e. The molecule has 0 saturated heterocycles. The molecule has 68 valence electrons. The molecule has 0 spiro atoms. The number of rotatable bonds is 1. The molecule has 0 fully saturated rings. The molecule has 0 aliphatic heterocycles. The summed E-state index contributed by atoms with van der Waals surface area (Å²) in [6.45, 7) is 0. The molecule has 2 nitrogen and oxygen atoms in total. The third-order valence-corrected chi connectivity index (χ3v) is 3.55. The van der Waals surface area contributed by atoms with Crippen LogP contribution in [0.5, 0.6) is 11.5 Å². The summed E-state index contributed by atoms with van der Waals surface area (Å²) in [5.41, 5.74) is 0. The first-order valence-electron chi connectivity index (χ1n) is 3.69. The Labute approximate surface area is 83.8 Å². The normalized spacial score (nSPS) is 10.8. The van der Waals surface area contributed by atoms with Crippen LogP contribution < -0.4 is 0 Å². The Morgan fingerprint density at radius 2 is 2.00 bits per heavy atom.